The Bertz CT molecular complexity index is 77.9. The fourth-order valence-electron chi connectivity index (χ4n) is 1.28. The van der Waals surface area contributed by atoms with Crippen molar-refractivity contribution in [1.29, 1.82) is 0 Å². The van der Waals surface area contributed by atoms with Crippen molar-refractivity contribution in [2.24, 2.45) is 5.73 Å². The van der Waals surface area contributed by atoms with Gasteiger partial charge in [0, 0.05) is 0 Å². The first-order valence-electron chi connectivity index (χ1n) is 5.27. The van der Waals surface area contributed by atoms with Crippen LogP contribution in [0.1, 0.15) is 39.5 Å². The molecule has 2 heteroatoms. The minimum absolute atomic E-state index is 0.302. The lowest BCUT2D eigenvalue weighted by atomic mass is 10.4. The largest absolute Gasteiger partial charge is 0.330 e. The first-order valence-corrected chi connectivity index (χ1v) is 7.17. The van der Waals surface area contributed by atoms with Gasteiger partial charge >= 0.3 is 0 Å². The third-order valence-corrected chi connectivity index (χ3v) is 4.89. The molecule has 0 rings (SSSR count). The molecule has 0 saturated carbocycles. The average molecular weight is 189 g/mol. The fourth-order valence-corrected chi connectivity index (χ4v) is 3.84. The van der Waals surface area contributed by atoms with Crippen LogP contribution in [0.5, 0.6) is 0 Å². The van der Waals surface area contributed by atoms with Crippen LogP contribution >= 0.6 is 7.92 Å². The minimum atomic E-state index is 0.302. The van der Waals surface area contributed by atoms with Gasteiger partial charge in [-0.1, -0.05) is 26.7 Å². The summed E-state index contributed by atoms with van der Waals surface area (Å²) in [6.45, 7) is 5.45. The molecule has 0 aliphatic rings. The summed E-state index contributed by atoms with van der Waals surface area (Å²) in [5, 5.41) is 0. The zero-order valence-corrected chi connectivity index (χ0v) is 9.58. The normalized spacial score (nSPS) is 11.0. The summed E-state index contributed by atoms with van der Waals surface area (Å²) in [5.41, 5.74) is 5.59. The molecule has 0 fully saturated rings. The van der Waals surface area contributed by atoms with Gasteiger partial charge in [0.25, 0.3) is 0 Å². The Hall–Kier alpha value is 0.390. The van der Waals surface area contributed by atoms with Gasteiger partial charge in [-0.25, -0.2) is 0 Å². The molecule has 0 aliphatic carbocycles. The molecule has 2 N–H and O–H groups in total. The van der Waals surface area contributed by atoms with E-state index in [1.807, 2.05) is 0 Å². The molecule has 0 saturated heterocycles. The molecule has 74 valence electrons. The molecule has 0 aromatic rings. The molecule has 0 aliphatic heterocycles. The lowest BCUT2D eigenvalue weighted by Crippen LogP contribution is -2.06. The average Bonchev–Trinajstić information content (AvgIpc) is 2.10. The third-order valence-electron chi connectivity index (χ3n) is 2.10. The zero-order valence-electron chi connectivity index (χ0n) is 8.68. The van der Waals surface area contributed by atoms with Crippen LogP contribution in [0.2, 0.25) is 0 Å². The van der Waals surface area contributed by atoms with E-state index in [2.05, 4.69) is 13.8 Å². The lowest BCUT2D eigenvalue weighted by molar-refractivity contribution is 0.864. The van der Waals surface area contributed by atoms with Crippen LogP contribution in [0, 0.1) is 0 Å². The maximum atomic E-state index is 5.59. The highest BCUT2D eigenvalue weighted by Gasteiger charge is 2.04. The van der Waals surface area contributed by atoms with Crippen molar-refractivity contribution in [3.05, 3.63) is 0 Å². The second kappa shape index (κ2) is 9.48. The lowest BCUT2D eigenvalue weighted by Gasteiger charge is -2.15. The molecule has 0 heterocycles. The van der Waals surface area contributed by atoms with E-state index in [0.717, 1.165) is 6.54 Å². The SMILES string of the molecule is CCCCP(CCN)CCCC. The molecular formula is C10H24NP. The number of nitrogens with two attached hydrogens (primary N) is 1. The number of hydrogen-bond donors (Lipinski definition) is 1. The predicted octanol–water partition coefficient (Wildman–Crippen LogP) is 3.03. The summed E-state index contributed by atoms with van der Waals surface area (Å²) in [6, 6.07) is 0. The molecule has 0 unspecified atom stereocenters. The van der Waals surface area contributed by atoms with E-state index < -0.39 is 0 Å². The van der Waals surface area contributed by atoms with Gasteiger partial charge in [-0.2, -0.15) is 0 Å². The van der Waals surface area contributed by atoms with Crippen LogP contribution in [-0.2, 0) is 0 Å². The Kier molecular flexibility index (Phi) is 9.79. The van der Waals surface area contributed by atoms with Crippen molar-refractivity contribution in [3.8, 4) is 0 Å². The highest BCUT2D eigenvalue weighted by atomic mass is 31.1. The standard InChI is InChI=1S/C10H24NP/c1-3-5-8-12(10-7-11)9-6-4-2/h3-11H2,1-2H3. The molecule has 0 spiro atoms. The van der Waals surface area contributed by atoms with Gasteiger partial charge in [0.05, 0.1) is 0 Å². The van der Waals surface area contributed by atoms with E-state index in [9.17, 15) is 0 Å². The molecule has 0 radical (unpaired) electrons. The Labute approximate surface area is 78.9 Å². The van der Waals surface area contributed by atoms with Crippen LogP contribution in [0.4, 0.5) is 0 Å². The maximum absolute atomic E-state index is 5.59. The third kappa shape index (κ3) is 7.06. The van der Waals surface area contributed by atoms with E-state index in [4.69, 9.17) is 5.73 Å². The Balaban J connectivity index is 3.40. The fraction of sp³-hybridized carbons (Fsp3) is 1.00. The van der Waals surface area contributed by atoms with Crippen LogP contribution in [0.25, 0.3) is 0 Å². The maximum Gasteiger partial charge on any atom is -0.00378 e. The summed E-state index contributed by atoms with van der Waals surface area (Å²) in [5.74, 6) is 0. The molecule has 12 heavy (non-hydrogen) atoms. The topological polar surface area (TPSA) is 26.0 Å². The zero-order chi connectivity index (χ0) is 9.23. The monoisotopic (exact) mass is 189 g/mol. The highest BCUT2D eigenvalue weighted by Crippen LogP contribution is 2.36. The van der Waals surface area contributed by atoms with Crippen molar-refractivity contribution in [3.63, 3.8) is 0 Å². The van der Waals surface area contributed by atoms with Gasteiger partial charge in [0.15, 0.2) is 0 Å². The minimum Gasteiger partial charge on any atom is -0.330 e. The van der Waals surface area contributed by atoms with E-state index in [1.165, 1.54) is 44.2 Å². The first-order chi connectivity index (χ1) is 5.85. The Morgan fingerprint density at radius 2 is 1.42 bits per heavy atom. The van der Waals surface area contributed by atoms with E-state index in [-0.39, 0.29) is 0 Å². The van der Waals surface area contributed by atoms with Crippen molar-refractivity contribution < 1.29 is 0 Å². The van der Waals surface area contributed by atoms with Crippen molar-refractivity contribution in [1.82, 2.24) is 0 Å². The van der Waals surface area contributed by atoms with Gasteiger partial charge in [0.1, 0.15) is 0 Å². The summed E-state index contributed by atoms with van der Waals surface area (Å²) >= 11 is 0. The number of hydrogen-bond acceptors (Lipinski definition) is 1. The number of rotatable bonds is 8. The summed E-state index contributed by atoms with van der Waals surface area (Å²) < 4.78 is 0. The number of unbranched alkanes of at least 4 members (excludes halogenated alkanes) is 2. The molecule has 0 atom stereocenters. The summed E-state index contributed by atoms with van der Waals surface area (Å²) in [4.78, 5) is 0. The summed E-state index contributed by atoms with van der Waals surface area (Å²) in [7, 11) is 0.302. The van der Waals surface area contributed by atoms with E-state index in [0.29, 0.717) is 7.92 Å². The van der Waals surface area contributed by atoms with Crippen LogP contribution < -0.4 is 5.73 Å². The molecule has 0 bridgehead atoms. The van der Waals surface area contributed by atoms with Crippen molar-refractivity contribution in [2.75, 3.05) is 25.0 Å². The van der Waals surface area contributed by atoms with E-state index in [1.54, 1.807) is 0 Å². The highest BCUT2D eigenvalue weighted by molar-refractivity contribution is 7.57. The smallest absolute Gasteiger partial charge is 0.00378 e. The quantitative estimate of drug-likeness (QED) is 0.583. The van der Waals surface area contributed by atoms with Gasteiger partial charge in [0.2, 0.25) is 0 Å². The Morgan fingerprint density at radius 1 is 0.917 bits per heavy atom. The molecule has 1 nitrogen and oxygen atoms in total. The first kappa shape index (κ1) is 12.4. The molecular weight excluding hydrogens is 165 g/mol. The van der Waals surface area contributed by atoms with E-state index >= 15 is 0 Å². The van der Waals surface area contributed by atoms with Crippen molar-refractivity contribution in [2.45, 2.75) is 39.5 Å². The Morgan fingerprint density at radius 3 is 1.75 bits per heavy atom. The molecule has 0 aromatic carbocycles. The molecule has 0 amide bonds. The summed E-state index contributed by atoms with van der Waals surface area (Å²) in [6.07, 6.45) is 9.73. The predicted molar refractivity (Wildman–Crippen MR) is 60.4 cm³/mol. The van der Waals surface area contributed by atoms with Gasteiger partial charge in [-0.15, -0.1) is 7.92 Å². The van der Waals surface area contributed by atoms with Gasteiger partial charge < -0.3 is 5.73 Å². The van der Waals surface area contributed by atoms with Gasteiger partial charge in [-0.3, -0.25) is 0 Å². The second-order valence-electron chi connectivity index (χ2n) is 3.34. The van der Waals surface area contributed by atoms with Crippen molar-refractivity contribution >= 4 is 7.92 Å². The van der Waals surface area contributed by atoms with Crippen LogP contribution in [-0.4, -0.2) is 25.0 Å². The van der Waals surface area contributed by atoms with Crippen LogP contribution in [0.3, 0.4) is 0 Å². The second-order valence-corrected chi connectivity index (χ2v) is 6.02. The van der Waals surface area contributed by atoms with Crippen LogP contribution in [0.15, 0.2) is 0 Å². The van der Waals surface area contributed by atoms with Gasteiger partial charge in [-0.05, 0) is 37.9 Å². The molecule has 0 aromatic heterocycles.